The van der Waals surface area contributed by atoms with Gasteiger partial charge < -0.3 is 4.74 Å². The van der Waals surface area contributed by atoms with Gasteiger partial charge in [-0.2, -0.15) is 0 Å². The molecule has 0 radical (unpaired) electrons. The first-order chi connectivity index (χ1) is 6.72. The molecule has 5 heteroatoms. The lowest BCUT2D eigenvalue weighted by atomic mass is 10.3. The summed E-state index contributed by atoms with van der Waals surface area (Å²) < 4.78 is 4.79. The number of amides is 1. The zero-order valence-electron chi connectivity index (χ0n) is 7.30. The van der Waals surface area contributed by atoms with E-state index in [0.29, 0.717) is 22.6 Å². The second-order valence-electron chi connectivity index (χ2n) is 2.46. The van der Waals surface area contributed by atoms with E-state index in [1.807, 2.05) is 0 Å². The lowest BCUT2D eigenvalue weighted by Gasteiger charge is -2.05. The second-order valence-corrected chi connectivity index (χ2v) is 3.69. The molecule has 1 rings (SSSR count). The standard InChI is InChI=1S/C9H9BrClNO2/c10-4-5-14-9(13)12-8-3-1-2-7(11)6-8/h1-3,6H,4-5H2,(H,12,13). The number of hydrogen-bond acceptors (Lipinski definition) is 2. The van der Waals surface area contributed by atoms with Gasteiger partial charge in [-0.05, 0) is 18.2 Å². The van der Waals surface area contributed by atoms with Gasteiger partial charge in [-0.25, -0.2) is 4.79 Å². The van der Waals surface area contributed by atoms with Crippen LogP contribution in [0.4, 0.5) is 10.5 Å². The molecule has 14 heavy (non-hydrogen) atoms. The number of anilines is 1. The van der Waals surface area contributed by atoms with Gasteiger partial charge in [0.25, 0.3) is 0 Å². The highest BCUT2D eigenvalue weighted by Crippen LogP contribution is 2.14. The van der Waals surface area contributed by atoms with E-state index in [1.165, 1.54) is 0 Å². The van der Waals surface area contributed by atoms with Gasteiger partial charge in [0.05, 0.1) is 0 Å². The molecule has 0 saturated carbocycles. The molecule has 0 saturated heterocycles. The molecule has 1 amide bonds. The summed E-state index contributed by atoms with van der Waals surface area (Å²) in [6, 6.07) is 6.87. The first-order valence-corrected chi connectivity index (χ1v) is 5.47. The van der Waals surface area contributed by atoms with Crippen LogP contribution in [0.2, 0.25) is 5.02 Å². The largest absolute Gasteiger partial charge is 0.448 e. The van der Waals surface area contributed by atoms with Crippen LogP contribution in [0, 0.1) is 0 Å². The first kappa shape index (κ1) is 11.3. The second kappa shape index (κ2) is 5.88. The third kappa shape index (κ3) is 3.98. The number of benzene rings is 1. The van der Waals surface area contributed by atoms with E-state index in [9.17, 15) is 4.79 Å². The summed E-state index contributed by atoms with van der Waals surface area (Å²) in [6.45, 7) is 0.340. The number of ether oxygens (including phenoxy) is 1. The minimum absolute atomic E-state index is 0.340. The Morgan fingerprint density at radius 2 is 2.36 bits per heavy atom. The zero-order chi connectivity index (χ0) is 10.4. The number of rotatable bonds is 3. The predicted octanol–water partition coefficient (Wildman–Crippen LogP) is 3.28. The van der Waals surface area contributed by atoms with E-state index in [1.54, 1.807) is 24.3 Å². The van der Waals surface area contributed by atoms with Gasteiger partial charge >= 0.3 is 6.09 Å². The van der Waals surface area contributed by atoms with E-state index in [4.69, 9.17) is 16.3 Å². The van der Waals surface area contributed by atoms with Crippen LogP contribution >= 0.6 is 27.5 Å². The van der Waals surface area contributed by atoms with Crippen molar-refractivity contribution in [3.63, 3.8) is 0 Å². The fourth-order valence-electron chi connectivity index (χ4n) is 0.851. The van der Waals surface area contributed by atoms with E-state index >= 15 is 0 Å². The Hall–Kier alpha value is -0.740. The molecule has 3 nitrogen and oxygen atoms in total. The molecule has 0 atom stereocenters. The fraction of sp³-hybridized carbons (Fsp3) is 0.222. The van der Waals surface area contributed by atoms with Crippen LogP contribution in [-0.2, 0) is 4.74 Å². The smallest absolute Gasteiger partial charge is 0.411 e. The normalized spacial score (nSPS) is 9.57. The molecule has 0 unspecified atom stereocenters. The highest BCUT2D eigenvalue weighted by molar-refractivity contribution is 9.09. The Kier molecular flexibility index (Phi) is 4.76. The summed E-state index contributed by atoms with van der Waals surface area (Å²) in [5.41, 5.74) is 0.622. The number of halogens is 2. The van der Waals surface area contributed by atoms with Gasteiger partial charge in [-0.3, -0.25) is 5.32 Å². The van der Waals surface area contributed by atoms with E-state index in [2.05, 4.69) is 21.2 Å². The van der Waals surface area contributed by atoms with E-state index in [0.717, 1.165) is 0 Å². The maximum atomic E-state index is 11.1. The summed E-state index contributed by atoms with van der Waals surface area (Å²) in [5, 5.41) is 3.74. The van der Waals surface area contributed by atoms with Crippen molar-refractivity contribution >= 4 is 39.3 Å². The average Bonchev–Trinajstić information content (AvgIpc) is 2.15. The highest BCUT2D eigenvalue weighted by atomic mass is 79.9. The van der Waals surface area contributed by atoms with Crippen molar-refractivity contribution in [3.8, 4) is 0 Å². The van der Waals surface area contributed by atoms with Crippen molar-refractivity contribution in [2.75, 3.05) is 17.3 Å². The number of carbonyl (C=O) groups is 1. The first-order valence-electron chi connectivity index (χ1n) is 3.97. The highest BCUT2D eigenvalue weighted by Gasteiger charge is 2.01. The van der Waals surface area contributed by atoms with Crippen molar-refractivity contribution in [1.82, 2.24) is 0 Å². The Balaban J connectivity index is 2.47. The van der Waals surface area contributed by atoms with Crippen LogP contribution in [0.3, 0.4) is 0 Å². The van der Waals surface area contributed by atoms with E-state index < -0.39 is 6.09 Å². The summed E-state index contributed by atoms with van der Waals surface area (Å²) >= 11 is 8.88. The van der Waals surface area contributed by atoms with Crippen molar-refractivity contribution in [1.29, 1.82) is 0 Å². The molecule has 1 aromatic carbocycles. The van der Waals surface area contributed by atoms with Crippen molar-refractivity contribution in [3.05, 3.63) is 29.3 Å². The Bertz CT molecular complexity index is 319. The molecule has 0 aliphatic rings. The number of alkyl halides is 1. The van der Waals surface area contributed by atoms with Gasteiger partial charge in [-0.15, -0.1) is 0 Å². The van der Waals surface area contributed by atoms with Crippen molar-refractivity contribution in [2.24, 2.45) is 0 Å². The summed E-state index contributed by atoms with van der Waals surface area (Å²) in [7, 11) is 0. The monoisotopic (exact) mass is 277 g/mol. The van der Waals surface area contributed by atoms with Crippen molar-refractivity contribution in [2.45, 2.75) is 0 Å². The topological polar surface area (TPSA) is 38.3 Å². The molecule has 1 aromatic rings. The van der Waals surface area contributed by atoms with Crippen LogP contribution < -0.4 is 5.32 Å². The number of nitrogens with one attached hydrogen (secondary N) is 1. The molecule has 0 spiro atoms. The van der Waals surface area contributed by atoms with Gasteiger partial charge in [0.1, 0.15) is 6.61 Å². The molecule has 0 aliphatic carbocycles. The third-order valence-corrected chi connectivity index (χ3v) is 1.94. The molecule has 76 valence electrons. The lowest BCUT2D eigenvalue weighted by Crippen LogP contribution is -2.14. The summed E-state index contributed by atoms with van der Waals surface area (Å²) in [6.07, 6.45) is -0.480. The van der Waals surface area contributed by atoms with Gasteiger partial charge in [-0.1, -0.05) is 33.6 Å². The summed E-state index contributed by atoms with van der Waals surface area (Å²) in [5.74, 6) is 0. The predicted molar refractivity (Wildman–Crippen MR) is 60.2 cm³/mol. The molecular formula is C9H9BrClNO2. The molecule has 1 N–H and O–H groups in total. The SMILES string of the molecule is O=C(Nc1cccc(Cl)c1)OCCBr. The quantitative estimate of drug-likeness (QED) is 0.862. The van der Waals surface area contributed by atoms with Crippen LogP contribution in [0.25, 0.3) is 0 Å². The molecule has 0 fully saturated rings. The number of carbonyl (C=O) groups excluding carboxylic acids is 1. The maximum Gasteiger partial charge on any atom is 0.411 e. The molecule has 0 heterocycles. The molecule has 0 aromatic heterocycles. The molecule has 0 aliphatic heterocycles. The Morgan fingerprint density at radius 1 is 1.57 bits per heavy atom. The lowest BCUT2D eigenvalue weighted by molar-refractivity contribution is 0.169. The molecular weight excluding hydrogens is 269 g/mol. The zero-order valence-corrected chi connectivity index (χ0v) is 9.64. The Labute approximate surface area is 95.5 Å². The van der Waals surface area contributed by atoms with Crippen molar-refractivity contribution < 1.29 is 9.53 Å². The minimum atomic E-state index is -0.480. The number of hydrogen-bond donors (Lipinski definition) is 1. The summed E-state index contributed by atoms with van der Waals surface area (Å²) in [4.78, 5) is 11.1. The van der Waals surface area contributed by atoms with Crippen LogP contribution in [0.1, 0.15) is 0 Å². The average molecular weight is 279 g/mol. The van der Waals surface area contributed by atoms with Gasteiger partial charge in [0.15, 0.2) is 0 Å². The maximum absolute atomic E-state index is 11.1. The van der Waals surface area contributed by atoms with E-state index in [-0.39, 0.29) is 0 Å². The fourth-order valence-corrected chi connectivity index (χ4v) is 1.20. The minimum Gasteiger partial charge on any atom is -0.448 e. The van der Waals surface area contributed by atoms with Crippen LogP contribution in [-0.4, -0.2) is 18.0 Å². The van der Waals surface area contributed by atoms with Crippen LogP contribution in [0.5, 0.6) is 0 Å². The Morgan fingerprint density at radius 3 is 3.00 bits per heavy atom. The van der Waals surface area contributed by atoms with Gasteiger partial charge in [0.2, 0.25) is 0 Å². The van der Waals surface area contributed by atoms with Crippen LogP contribution in [0.15, 0.2) is 24.3 Å². The molecule has 0 bridgehead atoms. The third-order valence-electron chi connectivity index (χ3n) is 1.38. The van der Waals surface area contributed by atoms with Gasteiger partial charge in [0, 0.05) is 16.0 Å².